The van der Waals surface area contributed by atoms with E-state index >= 15 is 0 Å². The molecule has 4 saturated carbocycles. The van der Waals surface area contributed by atoms with Gasteiger partial charge in [0.05, 0.1) is 7.11 Å². The van der Waals surface area contributed by atoms with Crippen LogP contribution in [-0.2, 0) is 13.0 Å². The summed E-state index contributed by atoms with van der Waals surface area (Å²) in [5.41, 5.74) is 3.58. The van der Waals surface area contributed by atoms with E-state index in [4.69, 9.17) is 4.74 Å². The summed E-state index contributed by atoms with van der Waals surface area (Å²) in [5.74, 6) is 3.75. The minimum atomic E-state index is 0.0228. The van der Waals surface area contributed by atoms with Crippen molar-refractivity contribution in [3.8, 4) is 5.75 Å². The van der Waals surface area contributed by atoms with Crippen molar-refractivity contribution in [1.29, 1.82) is 0 Å². The van der Waals surface area contributed by atoms with Crippen molar-refractivity contribution in [2.45, 2.75) is 89.3 Å². The Hall–Kier alpha value is -2.33. The highest BCUT2D eigenvalue weighted by Gasteiger charge is 2.50. The maximum atomic E-state index is 13.1. The first-order valence-electron chi connectivity index (χ1n) is 13.8. The number of methoxy groups -OCH3 is 1. The van der Waals surface area contributed by atoms with Gasteiger partial charge in [-0.15, -0.1) is 0 Å². The normalized spacial score (nSPS) is 27.5. The van der Waals surface area contributed by atoms with E-state index in [-0.39, 0.29) is 11.9 Å². The first-order chi connectivity index (χ1) is 17.0. The second-order valence-electron chi connectivity index (χ2n) is 11.6. The molecule has 0 aromatic heterocycles. The van der Waals surface area contributed by atoms with Gasteiger partial charge in [-0.3, -0.25) is 4.79 Å². The van der Waals surface area contributed by atoms with Crippen LogP contribution in [0, 0.1) is 17.8 Å². The smallest absolute Gasteiger partial charge is 0.251 e. The van der Waals surface area contributed by atoms with Crippen LogP contribution in [0.1, 0.15) is 86.2 Å². The van der Waals surface area contributed by atoms with Crippen LogP contribution < -0.4 is 15.4 Å². The van der Waals surface area contributed by atoms with Crippen LogP contribution in [0.3, 0.4) is 0 Å². The monoisotopic (exact) mass is 474 g/mol. The van der Waals surface area contributed by atoms with Crippen molar-refractivity contribution in [3.63, 3.8) is 0 Å². The van der Waals surface area contributed by atoms with Gasteiger partial charge in [-0.25, -0.2) is 0 Å². The summed E-state index contributed by atoms with van der Waals surface area (Å²) in [4.78, 5) is 13.1. The molecule has 188 valence electrons. The van der Waals surface area contributed by atoms with E-state index in [0.717, 1.165) is 61.3 Å². The molecule has 1 atom stereocenters. The Labute approximate surface area is 211 Å². The van der Waals surface area contributed by atoms with Gasteiger partial charge in [-0.05, 0) is 105 Å². The average molecular weight is 475 g/mol. The van der Waals surface area contributed by atoms with Gasteiger partial charge in [-0.1, -0.05) is 44.0 Å². The van der Waals surface area contributed by atoms with E-state index in [9.17, 15) is 4.79 Å². The minimum absolute atomic E-state index is 0.0228. The molecule has 2 aromatic rings. The van der Waals surface area contributed by atoms with Crippen molar-refractivity contribution < 1.29 is 9.53 Å². The van der Waals surface area contributed by atoms with E-state index in [1.54, 1.807) is 7.11 Å². The number of rotatable bonds is 11. The molecule has 4 bridgehead atoms. The Kier molecular flexibility index (Phi) is 7.48. The van der Waals surface area contributed by atoms with Gasteiger partial charge < -0.3 is 15.4 Å². The van der Waals surface area contributed by atoms with Gasteiger partial charge in [0.2, 0.25) is 0 Å². The highest BCUT2D eigenvalue weighted by atomic mass is 16.5. The number of ether oxygens (including phenoxy) is 1. The van der Waals surface area contributed by atoms with Gasteiger partial charge in [0.25, 0.3) is 5.91 Å². The number of amides is 1. The fraction of sp³-hybridized carbons (Fsp3) is 0.581. The zero-order chi connectivity index (χ0) is 24.3. The summed E-state index contributed by atoms with van der Waals surface area (Å²) >= 11 is 0. The highest BCUT2D eigenvalue weighted by molar-refractivity contribution is 5.94. The van der Waals surface area contributed by atoms with Gasteiger partial charge in [0.1, 0.15) is 5.75 Å². The van der Waals surface area contributed by atoms with Gasteiger partial charge in [0.15, 0.2) is 0 Å². The molecule has 6 rings (SSSR count). The Morgan fingerprint density at radius 1 is 1.00 bits per heavy atom. The van der Waals surface area contributed by atoms with E-state index in [1.165, 1.54) is 49.7 Å². The number of benzene rings is 2. The predicted octanol–water partition coefficient (Wildman–Crippen LogP) is 6.28. The van der Waals surface area contributed by atoms with Gasteiger partial charge in [-0.2, -0.15) is 0 Å². The number of nitrogens with one attached hydrogen (secondary N) is 2. The SMILES string of the molecule is CCCCC(Cc1cccc(OC)c1)NC(=O)c1ccc(CNC23CC4CC(CC(C4)C2)C3)cc1. The molecular formula is C31H42N2O2. The molecule has 0 aliphatic heterocycles. The zero-order valence-corrected chi connectivity index (χ0v) is 21.5. The lowest BCUT2D eigenvalue weighted by Crippen LogP contribution is -2.58. The van der Waals surface area contributed by atoms with Crippen molar-refractivity contribution in [3.05, 3.63) is 65.2 Å². The Balaban J connectivity index is 1.17. The largest absolute Gasteiger partial charge is 0.497 e. The van der Waals surface area contributed by atoms with Crippen LogP contribution in [0.5, 0.6) is 5.75 Å². The van der Waals surface area contributed by atoms with E-state index in [0.29, 0.717) is 5.54 Å². The summed E-state index contributed by atoms with van der Waals surface area (Å²) in [6, 6.07) is 16.5. The predicted molar refractivity (Wildman–Crippen MR) is 142 cm³/mol. The van der Waals surface area contributed by atoms with Crippen LogP contribution >= 0.6 is 0 Å². The summed E-state index contributed by atoms with van der Waals surface area (Å²) < 4.78 is 5.37. The van der Waals surface area contributed by atoms with Crippen LogP contribution in [0.2, 0.25) is 0 Å². The molecule has 0 spiro atoms. The van der Waals surface area contributed by atoms with Crippen LogP contribution in [0.4, 0.5) is 0 Å². The third kappa shape index (κ3) is 5.91. The summed E-state index contributed by atoms with van der Waals surface area (Å²) in [6.45, 7) is 3.10. The molecule has 1 unspecified atom stereocenters. The summed E-state index contributed by atoms with van der Waals surface area (Å²) in [5, 5.41) is 7.27. The first-order valence-corrected chi connectivity index (χ1v) is 13.8. The average Bonchev–Trinajstić information content (AvgIpc) is 2.85. The van der Waals surface area contributed by atoms with Crippen molar-refractivity contribution in [2.24, 2.45) is 17.8 Å². The third-order valence-corrected chi connectivity index (χ3v) is 8.78. The van der Waals surface area contributed by atoms with Crippen LogP contribution in [0.25, 0.3) is 0 Å². The van der Waals surface area contributed by atoms with Crippen LogP contribution in [0.15, 0.2) is 48.5 Å². The molecular weight excluding hydrogens is 432 g/mol. The molecule has 4 fully saturated rings. The molecule has 4 nitrogen and oxygen atoms in total. The number of carbonyl (C=O) groups is 1. The summed E-state index contributed by atoms with van der Waals surface area (Å²) in [7, 11) is 1.69. The molecule has 2 aromatic carbocycles. The fourth-order valence-corrected chi connectivity index (χ4v) is 7.42. The zero-order valence-electron chi connectivity index (χ0n) is 21.5. The molecule has 0 heterocycles. The lowest BCUT2D eigenvalue weighted by Gasteiger charge is -2.57. The van der Waals surface area contributed by atoms with Gasteiger partial charge >= 0.3 is 0 Å². The topological polar surface area (TPSA) is 50.4 Å². The molecule has 0 saturated heterocycles. The lowest BCUT2D eigenvalue weighted by molar-refractivity contribution is -0.0206. The van der Waals surface area contributed by atoms with Crippen molar-refractivity contribution in [2.75, 3.05) is 7.11 Å². The second kappa shape index (κ2) is 10.7. The molecule has 0 radical (unpaired) electrons. The first kappa shape index (κ1) is 24.4. The third-order valence-electron chi connectivity index (χ3n) is 8.78. The highest BCUT2D eigenvalue weighted by Crippen LogP contribution is 2.55. The maximum Gasteiger partial charge on any atom is 0.251 e. The van der Waals surface area contributed by atoms with E-state index in [1.807, 2.05) is 24.3 Å². The Morgan fingerprint density at radius 2 is 1.69 bits per heavy atom. The molecule has 1 amide bonds. The molecule has 4 aliphatic rings. The van der Waals surface area contributed by atoms with Crippen LogP contribution in [-0.4, -0.2) is 24.6 Å². The van der Waals surface area contributed by atoms with Gasteiger partial charge in [0, 0.05) is 23.7 Å². The van der Waals surface area contributed by atoms with E-state index in [2.05, 4.69) is 41.8 Å². The molecule has 4 aliphatic carbocycles. The molecule has 35 heavy (non-hydrogen) atoms. The lowest BCUT2D eigenvalue weighted by atomic mass is 9.53. The van der Waals surface area contributed by atoms with Crippen molar-refractivity contribution >= 4 is 5.91 Å². The number of hydrogen-bond acceptors (Lipinski definition) is 3. The van der Waals surface area contributed by atoms with E-state index < -0.39 is 0 Å². The standard InChI is InChI=1S/C31H42N2O2/c1-3-4-7-28(16-23-6-5-8-29(17-23)35-2)33-30(34)27-11-9-22(10-12-27)21-32-31-18-24-13-25(19-31)15-26(14-24)20-31/h5-6,8-12,17,24-26,28,32H,3-4,7,13-16,18-21H2,1-2H3,(H,33,34). The quantitative estimate of drug-likeness (QED) is 0.403. The number of unbranched alkanes of at least 4 members (excludes halogenated alkanes) is 1. The van der Waals surface area contributed by atoms with Crippen molar-refractivity contribution in [1.82, 2.24) is 10.6 Å². The Bertz CT molecular complexity index is 964. The Morgan fingerprint density at radius 3 is 2.31 bits per heavy atom. The molecule has 4 heteroatoms. The maximum absolute atomic E-state index is 13.1. The number of carbonyl (C=O) groups excluding carboxylic acids is 1. The second-order valence-corrected chi connectivity index (χ2v) is 11.6. The molecule has 2 N–H and O–H groups in total. The summed E-state index contributed by atoms with van der Waals surface area (Å²) in [6.07, 6.45) is 12.5. The minimum Gasteiger partial charge on any atom is -0.497 e. The number of hydrogen-bond donors (Lipinski definition) is 2. The fourth-order valence-electron chi connectivity index (χ4n) is 7.42.